The average molecular weight is 391 g/mol. The number of nitrogens with one attached hydrogen (secondary N) is 2. The molecule has 8 nitrogen and oxygen atoms in total. The van der Waals surface area contributed by atoms with E-state index in [9.17, 15) is 4.79 Å². The topological polar surface area (TPSA) is 98.0 Å². The van der Waals surface area contributed by atoms with Crippen LogP contribution in [0.1, 0.15) is 27.4 Å². The van der Waals surface area contributed by atoms with Crippen molar-refractivity contribution in [2.24, 2.45) is 0 Å². The number of nitrogens with zero attached hydrogens (tertiary/aromatic N) is 3. The van der Waals surface area contributed by atoms with Gasteiger partial charge in [-0.2, -0.15) is 10.2 Å². The first-order chi connectivity index (χ1) is 14.0. The molecule has 0 aliphatic rings. The number of anilines is 1. The number of furan rings is 1. The van der Waals surface area contributed by atoms with Gasteiger partial charge in [0.2, 0.25) is 0 Å². The lowest BCUT2D eigenvalue weighted by atomic mass is 10.2. The van der Waals surface area contributed by atoms with Gasteiger partial charge in [0, 0.05) is 6.07 Å². The van der Waals surface area contributed by atoms with Crippen molar-refractivity contribution in [3.63, 3.8) is 0 Å². The van der Waals surface area contributed by atoms with Crippen LogP contribution in [-0.2, 0) is 6.54 Å². The van der Waals surface area contributed by atoms with Crippen LogP contribution in [0.4, 0.5) is 5.69 Å². The second kappa shape index (κ2) is 7.67. The summed E-state index contributed by atoms with van der Waals surface area (Å²) in [6.45, 7) is 4.36. The summed E-state index contributed by atoms with van der Waals surface area (Å²) < 4.78 is 12.5. The molecule has 1 aromatic carbocycles. The zero-order chi connectivity index (χ0) is 20.4. The standard InChI is InChI=1S/C21H21N5O3/c1-13-20(14(2)26(25-13)12-15-6-4-7-16(10-15)28-3)22-21(27)18-11-17(23-24-18)19-8-5-9-29-19/h4-11H,12H2,1-3H3,(H,22,27)(H,23,24). The van der Waals surface area contributed by atoms with Crippen LogP contribution in [0, 0.1) is 13.8 Å². The van der Waals surface area contributed by atoms with Crippen LogP contribution < -0.4 is 10.1 Å². The van der Waals surface area contributed by atoms with E-state index in [1.165, 1.54) is 0 Å². The Morgan fingerprint density at radius 2 is 2.10 bits per heavy atom. The predicted octanol–water partition coefficient (Wildman–Crippen LogP) is 3.79. The van der Waals surface area contributed by atoms with Crippen LogP contribution in [0.25, 0.3) is 11.5 Å². The van der Waals surface area contributed by atoms with Crippen LogP contribution in [0.3, 0.4) is 0 Å². The van der Waals surface area contributed by atoms with Crippen molar-refractivity contribution in [2.75, 3.05) is 12.4 Å². The molecule has 148 valence electrons. The summed E-state index contributed by atoms with van der Waals surface area (Å²) in [4.78, 5) is 12.7. The van der Waals surface area contributed by atoms with Crippen molar-refractivity contribution in [1.29, 1.82) is 0 Å². The van der Waals surface area contributed by atoms with E-state index in [1.807, 2.05) is 42.8 Å². The Kier molecular flexibility index (Phi) is 4.90. The molecule has 0 aliphatic carbocycles. The van der Waals surface area contributed by atoms with Crippen LogP contribution in [0.15, 0.2) is 53.1 Å². The van der Waals surface area contributed by atoms with E-state index in [1.54, 1.807) is 31.6 Å². The second-order valence-corrected chi connectivity index (χ2v) is 6.65. The zero-order valence-corrected chi connectivity index (χ0v) is 16.4. The van der Waals surface area contributed by atoms with Crippen LogP contribution in [-0.4, -0.2) is 33.0 Å². The highest BCUT2D eigenvalue weighted by atomic mass is 16.5. The fraction of sp³-hybridized carbons (Fsp3) is 0.190. The van der Waals surface area contributed by atoms with E-state index in [4.69, 9.17) is 9.15 Å². The molecular weight excluding hydrogens is 370 g/mol. The highest BCUT2D eigenvalue weighted by Gasteiger charge is 2.18. The molecule has 3 aromatic heterocycles. The number of hydrogen-bond acceptors (Lipinski definition) is 5. The molecule has 0 saturated heterocycles. The number of H-pyrrole nitrogens is 1. The Hall–Kier alpha value is -3.81. The number of ether oxygens (including phenoxy) is 1. The molecule has 8 heteroatoms. The summed E-state index contributed by atoms with van der Waals surface area (Å²) >= 11 is 0. The molecule has 0 radical (unpaired) electrons. The first kappa shape index (κ1) is 18.5. The molecule has 0 saturated carbocycles. The first-order valence-corrected chi connectivity index (χ1v) is 9.12. The largest absolute Gasteiger partial charge is 0.497 e. The summed E-state index contributed by atoms with van der Waals surface area (Å²) in [5.74, 6) is 1.10. The number of methoxy groups -OCH3 is 1. The van der Waals surface area contributed by atoms with Gasteiger partial charge in [-0.1, -0.05) is 12.1 Å². The minimum absolute atomic E-state index is 0.274. The van der Waals surface area contributed by atoms with Crippen molar-refractivity contribution in [3.8, 4) is 17.2 Å². The molecule has 0 aliphatic heterocycles. The number of carbonyl (C=O) groups is 1. The minimum Gasteiger partial charge on any atom is -0.497 e. The Morgan fingerprint density at radius 1 is 1.24 bits per heavy atom. The predicted molar refractivity (Wildman–Crippen MR) is 108 cm³/mol. The zero-order valence-electron chi connectivity index (χ0n) is 16.4. The fourth-order valence-corrected chi connectivity index (χ4v) is 3.15. The third kappa shape index (κ3) is 3.77. The normalized spacial score (nSPS) is 10.9. The lowest BCUT2D eigenvalue weighted by molar-refractivity contribution is 0.102. The number of benzene rings is 1. The van der Waals surface area contributed by atoms with Crippen LogP contribution >= 0.6 is 0 Å². The molecule has 1 amide bonds. The van der Waals surface area contributed by atoms with Crippen LogP contribution in [0.2, 0.25) is 0 Å². The monoisotopic (exact) mass is 391 g/mol. The van der Waals surface area contributed by atoms with E-state index >= 15 is 0 Å². The Morgan fingerprint density at radius 3 is 2.86 bits per heavy atom. The molecule has 4 rings (SSSR count). The Labute approximate surface area is 167 Å². The summed E-state index contributed by atoms with van der Waals surface area (Å²) in [5, 5.41) is 14.4. The van der Waals surface area contributed by atoms with Crippen molar-refractivity contribution >= 4 is 11.6 Å². The van der Waals surface area contributed by atoms with Gasteiger partial charge in [0.25, 0.3) is 5.91 Å². The number of amides is 1. The second-order valence-electron chi connectivity index (χ2n) is 6.65. The lowest BCUT2D eigenvalue weighted by Crippen LogP contribution is -2.14. The maximum atomic E-state index is 12.7. The van der Waals surface area contributed by atoms with Crippen molar-refractivity contribution in [2.45, 2.75) is 20.4 Å². The molecule has 29 heavy (non-hydrogen) atoms. The Balaban J connectivity index is 1.52. The SMILES string of the molecule is COc1cccc(Cn2nc(C)c(NC(=O)c3cc(-c4ccco4)[nH]n3)c2C)c1. The summed E-state index contributed by atoms with van der Waals surface area (Å²) in [6, 6.07) is 13.0. The van der Waals surface area contributed by atoms with Gasteiger partial charge in [-0.25, -0.2) is 0 Å². The van der Waals surface area contributed by atoms with E-state index in [0.717, 1.165) is 22.7 Å². The number of carbonyl (C=O) groups excluding carboxylic acids is 1. The first-order valence-electron chi connectivity index (χ1n) is 9.12. The average Bonchev–Trinajstić information content (AvgIpc) is 3.46. The van der Waals surface area contributed by atoms with E-state index < -0.39 is 0 Å². The summed E-state index contributed by atoms with van der Waals surface area (Å²) in [5.41, 5.74) is 4.25. The number of aromatic nitrogens is 4. The molecular formula is C21H21N5O3. The lowest BCUT2D eigenvalue weighted by Gasteiger charge is -2.08. The summed E-state index contributed by atoms with van der Waals surface area (Å²) in [7, 11) is 1.64. The quantitative estimate of drug-likeness (QED) is 0.521. The van der Waals surface area contributed by atoms with Crippen LogP contribution in [0.5, 0.6) is 5.75 Å². The molecule has 2 N–H and O–H groups in total. The Bertz CT molecular complexity index is 1140. The van der Waals surface area contributed by atoms with Crippen molar-refractivity contribution in [1.82, 2.24) is 20.0 Å². The van der Waals surface area contributed by atoms with Gasteiger partial charge in [-0.15, -0.1) is 0 Å². The highest BCUT2D eigenvalue weighted by Crippen LogP contribution is 2.23. The molecule has 0 fully saturated rings. The molecule has 0 atom stereocenters. The van der Waals surface area contributed by atoms with E-state index in [0.29, 0.717) is 23.7 Å². The van der Waals surface area contributed by atoms with E-state index in [2.05, 4.69) is 20.6 Å². The molecule has 3 heterocycles. The minimum atomic E-state index is -0.314. The third-order valence-corrected chi connectivity index (χ3v) is 4.68. The third-order valence-electron chi connectivity index (χ3n) is 4.68. The van der Waals surface area contributed by atoms with Gasteiger partial charge in [-0.05, 0) is 43.7 Å². The van der Waals surface area contributed by atoms with Gasteiger partial charge in [0.1, 0.15) is 11.4 Å². The smallest absolute Gasteiger partial charge is 0.276 e. The number of rotatable bonds is 6. The number of hydrogen-bond donors (Lipinski definition) is 2. The van der Waals surface area contributed by atoms with Gasteiger partial charge >= 0.3 is 0 Å². The van der Waals surface area contributed by atoms with Crippen molar-refractivity contribution < 1.29 is 13.9 Å². The van der Waals surface area contributed by atoms with Gasteiger partial charge in [0.15, 0.2) is 11.5 Å². The molecule has 0 spiro atoms. The maximum absolute atomic E-state index is 12.7. The summed E-state index contributed by atoms with van der Waals surface area (Å²) in [6.07, 6.45) is 1.57. The molecule has 4 aromatic rings. The molecule has 0 bridgehead atoms. The fourth-order valence-electron chi connectivity index (χ4n) is 3.15. The highest BCUT2D eigenvalue weighted by molar-refractivity contribution is 6.04. The van der Waals surface area contributed by atoms with Gasteiger partial charge in [-0.3, -0.25) is 14.6 Å². The van der Waals surface area contributed by atoms with Crippen molar-refractivity contribution in [3.05, 3.63) is 71.4 Å². The number of aromatic amines is 1. The van der Waals surface area contributed by atoms with Gasteiger partial charge < -0.3 is 14.5 Å². The molecule has 0 unspecified atom stereocenters. The maximum Gasteiger partial charge on any atom is 0.276 e. The van der Waals surface area contributed by atoms with Gasteiger partial charge in [0.05, 0.1) is 37.0 Å². The number of aryl methyl sites for hydroxylation is 1. The van der Waals surface area contributed by atoms with E-state index in [-0.39, 0.29) is 11.6 Å².